The van der Waals surface area contributed by atoms with Crippen LogP contribution < -0.4 is 0 Å². The zero-order chi connectivity index (χ0) is 11.5. The predicted octanol–water partition coefficient (Wildman–Crippen LogP) is 4.82. The van der Waals surface area contributed by atoms with Gasteiger partial charge in [-0.2, -0.15) is 0 Å². The topological polar surface area (TPSA) is 4.93 Å². The summed E-state index contributed by atoms with van der Waals surface area (Å²) in [6.45, 7) is 3.42. The van der Waals surface area contributed by atoms with Gasteiger partial charge in [0.2, 0.25) is 0 Å². The molecule has 1 heterocycles. The fraction of sp³-hybridized carbons (Fsp3) is 0.733. The first-order valence-electron chi connectivity index (χ1n) is 6.96. The van der Waals surface area contributed by atoms with E-state index in [1.54, 1.807) is 0 Å². The second-order valence-corrected chi connectivity index (χ2v) is 4.66. The average Bonchev–Trinajstić information content (AvgIpc) is 2.80. The minimum absolute atomic E-state index is 1.14. The normalized spacial score (nSPS) is 10.8. The van der Waals surface area contributed by atoms with Crippen molar-refractivity contribution in [2.75, 3.05) is 0 Å². The quantitative estimate of drug-likeness (QED) is 0.498. The minimum Gasteiger partial charge on any atom is -0.346 e. The Morgan fingerprint density at radius 3 is 2.06 bits per heavy atom. The zero-order valence-corrected chi connectivity index (χ0v) is 10.8. The second-order valence-electron chi connectivity index (χ2n) is 4.66. The molecule has 0 aromatic carbocycles. The summed E-state index contributed by atoms with van der Waals surface area (Å²) in [4.78, 5) is 0. The van der Waals surface area contributed by atoms with Crippen molar-refractivity contribution < 1.29 is 0 Å². The highest BCUT2D eigenvalue weighted by Crippen LogP contribution is 2.09. The van der Waals surface area contributed by atoms with E-state index in [0.29, 0.717) is 0 Å². The molecule has 0 saturated carbocycles. The first-order valence-corrected chi connectivity index (χ1v) is 6.96. The molecule has 0 fully saturated rings. The molecule has 0 atom stereocenters. The highest BCUT2D eigenvalue weighted by Gasteiger charge is 1.93. The maximum absolute atomic E-state index is 3.18. The van der Waals surface area contributed by atoms with Gasteiger partial charge in [-0.1, -0.05) is 58.3 Å². The Balaban J connectivity index is 1.78. The monoisotopic (exact) mass is 220 g/mol. The maximum Gasteiger partial charge on any atom is 0.0647 e. The summed E-state index contributed by atoms with van der Waals surface area (Å²) in [5, 5.41) is 0. The summed E-state index contributed by atoms with van der Waals surface area (Å²) in [6.07, 6.45) is 17.9. The molecule has 1 nitrogen and oxygen atoms in total. The smallest absolute Gasteiger partial charge is 0.0647 e. The number of aryl methyl sites for hydroxylation is 1. The van der Waals surface area contributed by atoms with E-state index in [-0.39, 0.29) is 0 Å². The van der Waals surface area contributed by atoms with Gasteiger partial charge in [0.15, 0.2) is 0 Å². The maximum atomic E-state index is 3.18. The molecule has 0 N–H and O–H groups in total. The Labute approximate surface area is 101 Å². The SMILES string of the molecule is CCCCCCCCCCCn1[c]ccc1. The van der Waals surface area contributed by atoms with E-state index in [9.17, 15) is 0 Å². The minimum atomic E-state index is 1.14. The van der Waals surface area contributed by atoms with Crippen LogP contribution in [-0.2, 0) is 6.54 Å². The van der Waals surface area contributed by atoms with Crippen molar-refractivity contribution in [2.45, 2.75) is 71.3 Å². The molecule has 0 spiro atoms. The Morgan fingerprint density at radius 2 is 1.50 bits per heavy atom. The van der Waals surface area contributed by atoms with Crippen molar-refractivity contribution >= 4 is 0 Å². The van der Waals surface area contributed by atoms with Crippen molar-refractivity contribution in [3.63, 3.8) is 0 Å². The van der Waals surface area contributed by atoms with E-state index in [1.807, 2.05) is 12.1 Å². The van der Waals surface area contributed by atoms with Crippen molar-refractivity contribution in [3.05, 3.63) is 24.5 Å². The molecule has 1 radical (unpaired) electrons. The zero-order valence-electron chi connectivity index (χ0n) is 10.8. The van der Waals surface area contributed by atoms with Gasteiger partial charge >= 0.3 is 0 Å². The fourth-order valence-electron chi connectivity index (χ4n) is 2.06. The summed E-state index contributed by atoms with van der Waals surface area (Å²) in [7, 11) is 0. The van der Waals surface area contributed by atoms with E-state index in [4.69, 9.17) is 0 Å². The average molecular weight is 220 g/mol. The lowest BCUT2D eigenvalue weighted by molar-refractivity contribution is 0.539. The first-order chi connectivity index (χ1) is 7.93. The van der Waals surface area contributed by atoms with Crippen LogP contribution in [0.2, 0.25) is 0 Å². The van der Waals surface area contributed by atoms with Crippen molar-refractivity contribution in [2.24, 2.45) is 0 Å². The van der Waals surface area contributed by atoms with Crippen LogP contribution in [0.25, 0.3) is 0 Å². The molecular weight excluding hydrogens is 194 g/mol. The van der Waals surface area contributed by atoms with E-state index in [1.165, 1.54) is 57.8 Å². The molecule has 1 aromatic rings. The van der Waals surface area contributed by atoms with Gasteiger partial charge in [0, 0.05) is 12.7 Å². The summed E-state index contributed by atoms with van der Waals surface area (Å²) in [6, 6.07) is 4.03. The van der Waals surface area contributed by atoms with Gasteiger partial charge in [0.05, 0.1) is 6.20 Å². The number of unbranched alkanes of at least 4 members (excludes halogenated alkanes) is 8. The molecule has 0 aliphatic carbocycles. The lowest BCUT2D eigenvalue weighted by Gasteiger charge is -2.03. The molecule has 0 unspecified atom stereocenters. The van der Waals surface area contributed by atoms with Crippen LogP contribution in [0.15, 0.2) is 18.3 Å². The third kappa shape index (κ3) is 6.71. The summed E-state index contributed by atoms with van der Waals surface area (Å²) < 4.78 is 2.15. The fourth-order valence-corrected chi connectivity index (χ4v) is 2.06. The van der Waals surface area contributed by atoms with Gasteiger partial charge in [-0.3, -0.25) is 0 Å². The van der Waals surface area contributed by atoms with Gasteiger partial charge in [-0.15, -0.1) is 0 Å². The standard InChI is InChI=1S/C15H26N/c1-2-3-4-5-6-7-8-9-10-13-16-14-11-12-15-16/h11-12,14H,2-10,13H2,1H3. The molecule has 91 valence electrons. The second kappa shape index (κ2) is 9.50. The van der Waals surface area contributed by atoms with E-state index in [0.717, 1.165) is 6.54 Å². The molecular formula is C15H26N. The van der Waals surface area contributed by atoms with Gasteiger partial charge in [0.1, 0.15) is 0 Å². The number of rotatable bonds is 10. The third-order valence-electron chi connectivity index (χ3n) is 3.11. The van der Waals surface area contributed by atoms with Gasteiger partial charge in [-0.25, -0.2) is 0 Å². The molecule has 0 saturated heterocycles. The first kappa shape index (κ1) is 13.3. The highest BCUT2D eigenvalue weighted by molar-refractivity contribution is 4.88. The Hall–Kier alpha value is -0.720. The molecule has 1 rings (SSSR count). The summed E-state index contributed by atoms with van der Waals surface area (Å²) in [5.74, 6) is 0. The summed E-state index contributed by atoms with van der Waals surface area (Å²) in [5.41, 5.74) is 0. The van der Waals surface area contributed by atoms with Crippen molar-refractivity contribution in [1.29, 1.82) is 0 Å². The molecule has 0 amide bonds. The number of hydrogen-bond acceptors (Lipinski definition) is 0. The van der Waals surface area contributed by atoms with Crippen LogP contribution in [0.5, 0.6) is 0 Å². The number of nitrogens with zero attached hydrogens (tertiary/aromatic N) is 1. The van der Waals surface area contributed by atoms with Crippen LogP contribution in [0.1, 0.15) is 64.7 Å². The molecule has 1 aromatic heterocycles. The third-order valence-corrected chi connectivity index (χ3v) is 3.11. The van der Waals surface area contributed by atoms with E-state index >= 15 is 0 Å². The van der Waals surface area contributed by atoms with E-state index in [2.05, 4.69) is 23.9 Å². The van der Waals surface area contributed by atoms with Crippen LogP contribution in [-0.4, -0.2) is 4.57 Å². The van der Waals surface area contributed by atoms with Crippen molar-refractivity contribution in [3.8, 4) is 0 Å². The predicted molar refractivity (Wildman–Crippen MR) is 70.5 cm³/mol. The van der Waals surface area contributed by atoms with E-state index < -0.39 is 0 Å². The number of hydrogen-bond donors (Lipinski definition) is 0. The molecule has 0 aliphatic rings. The largest absolute Gasteiger partial charge is 0.346 e. The van der Waals surface area contributed by atoms with Crippen LogP contribution in [0.4, 0.5) is 0 Å². The van der Waals surface area contributed by atoms with Crippen molar-refractivity contribution in [1.82, 2.24) is 4.57 Å². The highest BCUT2D eigenvalue weighted by atomic mass is 14.9. The van der Waals surface area contributed by atoms with Crippen LogP contribution in [0, 0.1) is 6.20 Å². The van der Waals surface area contributed by atoms with Gasteiger partial charge < -0.3 is 4.57 Å². The molecule has 0 aliphatic heterocycles. The lowest BCUT2D eigenvalue weighted by atomic mass is 10.1. The lowest BCUT2D eigenvalue weighted by Crippen LogP contribution is -1.94. The summed E-state index contributed by atoms with van der Waals surface area (Å²) >= 11 is 0. The van der Waals surface area contributed by atoms with Gasteiger partial charge in [-0.05, 0) is 18.6 Å². The Bertz CT molecular complexity index is 226. The Morgan fingerprint density at radius 1 is 0.875 bits per heavy atom. The van der Waals surface area contributed by atoms with Crippen LogP contribution >= 0.6 is 0 Å². The molecule has 16 heavy (non-hydrogen) atoms. The van der Waals surface area contributed by atoms with Crippen LogP contribution in [0.3, 0.4) is 0 Å². The number of aromatic nitrogens is 1. The molecule has 0 bridgehead atoms. The Kier molecular flexibility index (Phi) is 7.93. The molecule has 1 heteroatoms. The van der Waals surface area contributed by atoms with Gasteiger partial charge in [0.25, 0.3) is 0 Å².